The summed E-state index contributed by atoms with van der Waals surface area (Å²) in [6, 6.07) is 0. The van der Waals surface area contributed by atoms with Gasteiger partial charge in [0.15, 0.2) is 11.6 Å². The monoisotopic (exact) mass is 292 g/mol. The summed E-state index contributed by atoms with van der Waals surface area (Å²) in [6.07, 6.45) is 2.76. The third-order valence-corrected chi connectivity index (χ3v) is 4.51. The highest BCUT2D eigenvalue weighted by Gasteiger charge is 2.40. The Morgan fingerprint density at radius 3 is 2.14 bits per heavy atom. The van der Waals surface area contributed by atoms with Gasteiger partial charge < -0.3 is 4.74 Å². The lowest BCUT2D eigenvalue weighted by Crippen LogP contribution is -2.33. The zero-order chi connectivity index (χ0) is 16.2. The highest BCUT2D eigenvalue weighted by atomic mass is 16.5. The van der Waals surface area contributed by atoms with Crippen LogP contribution in [0.1, 0.15) is 53.9 Å². The molecule has 1 aliphatic carbocycles. The van der Waals surface area contributed by atoms with E-state index in [9.17, 15) is 14.4 Å². The van der Waals surface area contributed by atoms with Crippen molar-refractivity contribution in [3.8, 4) is 0 Å². The Kier molecular flexibility index (Phi) is 5.64. The van der Waals surface area contributed by atoms with Gasteiger partial charge in [-0.05, 0) is 39.7 Å². The first-order chi connectivity index (χ1) is 9.82. The van der Waals surface area contributed by atoms with Crippen LogP contribution >= 0.6 is 0 Å². The van der Waals surface area contributed by atoms with E-state index in [-0.39, 0.29) is 24.0 Å². The zero-order valence-electron chi connectivity index (χ0n) is 13.5. The molecular weight excluding hydrogens is 268 g/mol. The number of hydrogen-bond acceptors (Lipinski definition) is 4. The van der Waals surface area contributed by atoms with Gasteiger partial charge in [0.05, 0.1) is 13.0 Å². The molecule has 0 aromatic carbocycles. The minimum atomic E-state index is -0.624. The van der Waals surface area contributed by atoms with Gasteiger partial charge in [-0.3, -0.25) is 14.4 Å². The van der Waals surface area contributed by atoms with Gasteiger partial charge in [0.25, 0.3) is 0 Å². The fourth-order valence-electron chi connectivity index (χ4n) is 2.72. The van der Waals surface area contributed by atoms with E-state index in [0.29, 0.717) is 36.2 Å². The van der Waals surface area contributed by atoms with E-state index in [2.05, 4.69) is 0 Å². The second-order valence-corrected chi connectivity index (χ2v) is 5.47. The molecular formula is C17H24O4. The topological polar surface area (TPSA) is 60.4 Å². The molecule has 0 aliphatic heterocycles. The SMILES string of the molecule is CCOC(=O)CC(CC)(CC)C1=CC(=O)C(C)=C(C)C1=O. The second kappa shape index (κ2) is 6.83. The van der Waals surface area contributed by atoms with Gasteiger partial charge in [-0.25, -0.2) is 0 Å². The summed E-state index contributed by atoms with van der Waals surface area (Å²) in [4.78, 5) is 36.5. The summed E-state index contributed by atoms with van der Waals surface area (Å²) in [5, 5.41) is 0. The molecule has 1 aliphatic rings. The van der Waals surface area contributed by atoms with E-state index in [0.717, 1.165) is 0 Å². The Morgan fingerprint density at radius 1 is 1.10 bits per heavy atom. The van der Waals surface area contributed by atoms with Gasteiger partial charge in [0.1, 0.15) is 0 Å². The molecule has 116 valence electrons. The van der Waals surface area contributed by atoms with Crippen LogP contribution in [-0.2, 0) is 19.1 Å². The number of allylic oxidation sites excluding steroid dienone is 4. The maximum absolute atomic E-state index is 12.6. The first-order valence-corrected chi connectivity index (χ1v) is 7.47. The minimum Gasteiger partial charge on any atom is -0.466 e. The molecule has 0 N–H and O–H groups in total. The summed E-state index contributed by atoms with van der Waals surface area (Å²) in [7, 11) is 0. The number of ether oxygens (including phenoxy) is 1. The fraction of sp³-hybridized carbons (Fsp3) is 0.588. The zero-order valence-corrected chi connectivity index (χ0v) is 13.5. The Hall–Kier alpha value is -1.71. The van der Waals surface area contributed by atoms with E-state index in [1.165, 1.54) is 6.08 Å². The summed E-state index contributed by atoms with van der Waals surface area (Å²) in [5.41, 5.74) is 0.795. The molecule has 0 atom stereocenters. The largest absolute Gasteiger partial charge is 0.466 e. The smallest absolute Gasteiger partial charge is 0.306 e. The number of carbonyl (C=O) groups excluding carboxylic acids is 3. The molecule has 0 aromatic heterocycles. The Balaban J connectivity index is 3.23. The van der Waals surface area contributed by atoms with E-state index in [1.54, 1.807) is 20.8 Å². The molecule has 0 spiro atoms. The van der Waals surface area contributed by atoms with Crippen molar-refractivity contribution in [2.45, 2.75) is 53.9 Å². The van der Waals surface area contributed by atoms with Crippen molar-refractivity contribution in [1.29, 1.82) is 0 Å². The average molecular weight is 292 g/mol. The van der Waals surface area contributed by atoms with Crippen LogP contribution in [-0.4, -0.2) is 24.1 Å². The van der Waals surface area contributed by atoms with Crippen LogP contribution in [0.4, 0.5) is 0 Å². The third-order valence-electron chi connectivity index (χ3n) is 4.51. The van der Waals surface area contributed by atoms with E-state index >= 15 is 0 Å². The molecule has 4 nitrogen and oxygen atoms in total. The van der Waals surface area contributed by atoms with Crippen molar-refractivity contribution >= 4 is 17.5 Å². The third kappa shape index (κ3) is 3.31. The van der Waals surface area contributed by atoms with Gasteiger partial charge >= 0.3 is 5.97 Å². The van der Waals surface area contributed by atoms with Crippen LogP contribution in [0.5, 0.6) is 0 Å². The summed E-state index contributed by atoms with van der Waals surface area (Å²) < 4.78 is 5.03. The lowest BCUT2D eigenvalue weighted by atomic mass is 9.68. The van der Waals surface area contributed by atoms with Crippen LogP contribution in [0, 0.1) is 5.41 Å². The highest BCUT2D eigenvalue weighted by molar-refractivity contribution is 6.22. The number of carbonyl (C=O) groups is 3. The van der Waals surface area contributed by atoms with Crippen molar-refractivity contribution in [3.63, 3.8) is 0 Å². The molecule has 4 heteroatoms. The maximum atomic E-state index is 12.6. The Bertz CT molecular complexity index is 519. The molecule has 0 unspecified atom stereocenters. The standard InChI is InChI=1S/C17H24O4/c1-6-17(7-2,10-15(19)21-8-3)13-9-14(18)11(4)12(5)16(13)20/h9H,6-8,10H2,1-5H3. The highest BCUT2D eigenvalue weighted by Crippen LogP contribution is 2.42. The number of rotatable bonds is 6. The molecule has 1 rings (SSSR count). The van der Waals surface area contributed by atoms with Crippen LogP contribution in [0.15, 0.2) is 22.8 Å². The quantitative estimate of drug-likeness (QED) is 0.557. The van der Waals surface area contributed by atoms with Crippen LogP contribution in [0.2, 0.25) is 0 Å². The molecule has 0 bridgehead atoms. The Labute approximate surface area is 126 Å². The van der Waals surface area contributed by atoms with Crippen molar-refractivity contribution in [1.82, 2.24) is 0 Å². The molecule has 21 heavy (non-hydrogen) atoms. The lowest BCUT2D eigenvalue weighted by Gasteiger charge is -2.34. The molecule has 0 saturated heterocycles. The lowest BCUT2D eigenvalue weighted by molar-refractivity contribution is -0.145. The summed E-state index contributed by atoms with van der Waals surface area (Å²) in [5.74, 6) is -0.594. The number of esters is 1. The van der Waals surface area contributed by atoms with Crippen LogP contribution < -0.4 is 0 Å². The molecule has 0 fully saturated rings. The van der Waals surface area contributed by atoms with E-state index < -0.39 is 5.41 Å². The minimum absolute atomic E-state index is 0.125. The number of Topliss-reactive ketones (excluding diaryl/α,β-unsaturated/α-hetero) is 1. The van der Waals surface area contributed by atoms with Gasteiger partial charge in [-0.15, -0.1) is 0 Å². The molecule has 0 saturated carbocycles. The van der Waals surface area contributed by atoms with Gasteiger partial charge in [0.2, 0.25) is 0 Å². The number of ketones is 2. The number of hydrogen-bond donors (Lipinski definition) is 0. The van der Waals surface area contributed by atoms with Crippen molar-refractivity contribution in [2.24, 2.45) is 5.41 Å². The normalized spacial score (nSPS) is 16.1. The second-order valence-electron chi connectivity index (χ2n) is 5.47. The Morgan fingerprint density at radius 2 is 1.67 bits per heavy atom. The molecule has 0 aromatic rings. The predicted molar refractivity (Wildman–Crippen MR) is 80.7 cm³/mol. The molecule has 0 radical (unpaired) electrons. The van der Waals surface area contributed by atoms with Gasteiger partial charge in [-0.1, -0.05) is 13.8 Å². The van der Waals surface area contributed by atoms with E-state index in [4.69, 9.17) is 4.74 Å². The predicted octanol–water partition coefficient (Wildman–Crippen LogP) is 3.16. The summed E-state index contributed by atoms with van der Waals surface area (Å²) >= 11 is 0. The van der Waals surface area contributed by atoms with E-state index in [1.807, 2.05) is 13.8 Å². The first kappa shape index (κ1) is 17.3. The molecule has 0 heterocycles. The maximum Gasteiger partial charge on any atom is 0.306 e. The average Bonchev–Trinajstić information content (AvgIpc) is 2.47. The van der Waals surface area contributed by atoms with Crippen molar-refractivity contribution in [2.75, 3.05) is 6.61 Å². The van der Waals surface area contributed by atoms with Crippen molar-refractivity contribution < 1.29 is 19.1 Å². The van der Waals surface area contributed by atoms with Crippen LogP contribution in [0.25, 0.3) is 0 Å². The first-order valence-electron chi connectivity index (χ1n) is 7.47. The van der Waals surface area contributed by atoms with Crippen molar-refractivity contribution in [3.05, 3.63) is 22.8 Å². The van der Waals surface area contributed by atoms with Gasteiger partial charge in [-0.2, -0.15) is 0 Å². The summed E-state index contributed by atoms with van der Waals surface area (Å²) in [6.45, 7) is 9.26. The fourth-order valence-corrected chi connectivity index (χ4v) is 2.72. The molecule has 0 amide bonds. The van der Waals surface area contributed by atoms with Crippen LogP contribution in [0.3, 0.4) is 0 Å². The van der Waals surface area contributed by atoms with Gasteiger partial charge in [0, 0.05) is 22.1 Å².